The monoisotopic (exact) mass is 256 g/mol. The van der Waals surface area contributed by atoms with Gasteiger partial charge in [0, 0.05) is 19.1 Å². The van der Waals surface area contributed by atoms with E-state index < -0.39 is 0 Å². The van der Waals surface area contributed by atoms with Crippen LogP contribution in [-0.2, 0) is 4.74 Å². The summed E-state index contributed by atoms with van der Waals surface area (Å²) in [5.74, 6) is 1.26. The number of carbonyl (C=O) groups excluding carboxylic acids is 1. The number of ether oxygens (including phenoxy) is 1. The second-order valence-corrected chi connectivity index (χ2v) is 5.78. The highest BCUT2D eigenvalue weighted by Gasteiger charge is 2.28. The van der Waals surface area contributed by atoms with Gasteiger partial charge in [0.2, 0.25) is 0 Å². The van der Waals surface area contributed by atoms with Gasteiger partial charge in [-0.15, -0.1) is 0 Å². The van der Waals surface area contributed by atoms with E-state index in [4.69, 9.17) is 4.74 Å². The van der Waals surface area contributed by atoms with Crippen LogP contribution >= 0.6 is 0 Å². The number of hydrogen-bond donors (Lipinski definition) is 1. The molecule has 106 valence electrons. The Morgan fingerprint density at radius 2 is 2.17 bits per heavy atom. The number of amides is 1. The Bertz CT molecular complexity index is 256. The average molecular weight is 256 g/mol. The summed E-state index contributed by atoms with van der Waals surface area (Å²) in [4.78, 5) is 13.6. The van der Waals surface area contributed by atoms with E-state index in [0.717, 1.165) is 32.0 Å². The average Bonchev–Trinajstić information content (AvgIpc) is 2.28. The van der Waals surface area contributed by atoms with Crippen molar-refractivity contribution in [2.45, 2.75) is 46.6 Å². The summed E-state index contributed by atoms with van der Waals surface area (Å²) in [6.07, 6.45) is 2.16. The first kappa shape index (κ1) is 15.3. The highest BCUT2D eigenvalue weighted by molar-refractivity contribution is 5.67. The van der Waals surface area contributed by atoms with Crippen molar-refractivity contribution in [2.24, 2.45) is 11.8 Å². The molecule has 0 aliphatic carbocycles. The molecule has 4 nitrogen and oxygen atoms in total. The molecule has 0 saturated carbocycles. The Kier molecular flexibility index (Phi) is 6.47. The molecule has 0 aromatic carbocycles. The first-order valence-electron chi connectivity index (χ1n) is 7.18. The Morgan fingerprint density at radius 3 is 2.78 bits per heavy atom. The van der Waals surface area contributed by atoms with E-state index in [1.165, 1.54) is 6.42 Å². The third-order valence-corrected chi connectivity index (χ3v) is 3.34. The number of piperidine rings is 1. The molecule has 1 N–H and O–H groups in total. The molecule has 1 saturated heterocycles. The van der Waals surface area contributed by atoms with Crippen LogP contribution in [0.15, 0.2) is 0 Å². The van der Waals surface area contributed by atoms with Crippen molar-refractivity contribution < 1.29 is 9.53 Å². The minimum Gasteiger partial charge on any atom is -0.450 e. The molecule has 0 radical (unpaired) electrons. The molecule has 1 amide bonds. The molecule has 0 spiro atoms. The van der Waals surface area contributed by atoms with Crippen molar-refractivity contribution in [1.82, 2.24) is 10.2 Å². The molecule has 2 atom stereocenters. The second kappa shape index (κ2) is 7.62. The van der Waals surface area contributed by atoms with Crippen molar-refractivity contribution in [2.75, 3.05) is 26.2 Å². The minimum absolute atomic E-state index is 0.167. The maximum Gasteiger partial charge on any atom is 0.409 e. The van der Waals surface area contributed by atoms with Gasteiger partial charge in [-0.05, 0) is 38.1 Å². The zero-order valence-corrected chi connectivity index (χ0v) is 12.2. The normalized spacial score (nSPS) is 24.4. The maximum absolute atomic E-state index is 11.7. The van der Waals surface area contributed by atoms with Crippen molar-refractivity contribution in [3.63, 3.8) is 0 Å². The van der Waals surface area contributed by atoms with Crippen LogP contribution in [0.2, 0.25) is 0 Å². The topological polar surface area (TPSA) is 41.6 Å². The SMILES string of the molecule is CCOC(=O)N1CC(C)CC(NCCC(C)C)C1. The summed E-state index contributed by atoms with van der Waals surface area (Å²) in [5.41, 5.74) is 0. The molecular weight excluding hydrogens is 228 g/mol. The van der Waals surface area contributed by atoms with Crippen LogP contribution in [0.4, 0.5) is 4.79 Å². The summed E-state index contributed by atoms with van der Waals surface area (Å²) in [6, 6.07) is 0.414. The zero-order valence-electron chi connectivity index (χ0n) is 12.2. The molecule has 2 unspecified atom stereocenters. The number of rotatable bonds is 5. The van der Waals surface area contributed by atoms with Gasteiger partial charge in [0.15, 0.2) is 0 Å². The fourth-order valence-corrected chi connectivity index (χ4v) is 2.44. The molecule has 0 aromatic rings. The molecule has 0 bridgehead atoms. The predicted molar refractivity (Wildman–Crippen MR) is 73.6 cm³/mol. The highest BCUT2D eigenvalue weighted by Crippen LogP contribution is 2.17. The fourth-order valence-electron chi connectivity index (χ4n) is 2.44. The number of carbonyl (C=O) groups is 1. The molecule has 1 aliphatic heterocycles. The maximum atomic E-state index is 11.7. The number of hydrogen-bond acceptors (Lipinski definition) is 3. The Labute approximate surface area is 111 Å². The lowest BCUT2D eigenvalue weighted by molar-refractivity contribution is 0.0813. The molecule has 18 heavy (non-hydrogen) atoms. The summed E-state index contributed by atoms with van der Waals surface area (Å²) >= 11 is 0. The Hall–Kier alpha value is -0.770. The number of likely N-dealkylation sites (tertiary alicyclic amines) is 1. The van der Waals surface area contributed by atoms with Gasteiger partial charge in [-0.2, -0.15) is 0 Å². The van der Waals surface area contributed by atoms with E-state index in [9.17, 15) is 4.79 Å². The number of nitrogens with one attached hydrogen (secondary N) is 1. The lowest BCUT2D eigenvalue weighted by Gasteiger charge is -2.36. The third-order valence-electron chi connectivity index (χ3n) is 3.34. The number of nitrogens with zero attached hydrogens (tertiary/aromatic N) is 1. The molecular formula is C14H28N2O2. The highest BCUT2D eigenvalue weighted by atomic mass is 16.6. The lowest BCUT2D eigenvalue weighted by Crippen LogP contribution is -2.51. The van der Waals surface area contributed by atoms with Crippen LogP contribution in [0.3, 0.4) is 0 Å². The summed E-state index contributed by atoms with van der Waals surface area (Å²) in [6.45, 7) is 11.6. The van der Waals surface area contributed by atoms with Gasteiger partial charge in [0.1, 0.15) is 0 Å². The first-order valence-corrected chi connectivity index (χ1v) is 7.18. The van der Waals surface area contributed by atoms with E-state index in [-0.39, 0.29) is 6.09 Å². The van der Waals surface area contributed by atoms with Crippen LogP contribution in [0.5, 0.6) is 0 Å². The van der Waals surface area contributed by atoms with Crippen molar-refractivity contribution in [1.29, 1.82) is 0 Å². The molecule has 1 aliphatic rings. The second-order valence-electron chi connectivity index (χ2n) is 5.78. The van der Waals surface area contributed by atoms with Gasteiger partial charge >= 0.3 is 6.09 Å². The van der Waals surface area contributed by atoms with Crippen molar-refractivity contribution in [3.8, 4) is 0 Å². The lowest BCUT2D eigenvalue weighted by atomic mass is 9.96. The van der Waals surface area contributed by atoms with Crippen LogP contribution in [0.25, 0.3) is 0 Å². The van der Waals surface area contributed by atoms with Gasteiger partial charge < -0.3 is 15.0 Å². The van der Waals surface area contributed by atoms with Gasteiger partial charge in [-0.3, -0.25) is 0 Å². The van der Waals surface area contributed by atoms with E-state index in [0.29, 0.717) is 18.6 Å². The van der Waals surface area contributed by atoms with Gasteiger partial charge in [0.25, 0.3) is 0 Å². The molecule has 4 heteroatoms. The standard InChI is InChI=1S/C14H28N2O2/c1-5-18-14(17)16-9-12(4)8-13(10-16)15-7-6-11(2)3/h11-13,15H,5-10H2,1-4H3. The molecule has 0 aromatic heterocycles. The van der Waals surface area contributed by atoms with E-state index in [1.807, 2.05) is 11.8 Å². The molecule has 1 fully saturated rings. The van der Waals surface area contributed by atoms with Crippen LogP contribution in [0, 0.1) is 11.8 Å². The summed E-state index contributed by atoms with van der Waals surface area (Å²) in [7, 11) is 0. The third kappa shape index (κ3) is 5.25. The van der Waals surface area contributed by atoms with Crippen molar-refractivity contribution >= 4 is 6.09 Å². The predicted octanol–water partition coefficient (Wildman–Crippen LogP) is 2.49. The van der Waals surface area contributed by atoms with Crippen LogP contribution in [-0.4, -0.2) is 43.3 Å². The van der Waals surface area contributed by atoms with Gasteiger partial charge in [0.05, 0.1) is 6.61 Å². The Balaban J connectivity index is 2.38. The summed E-state index contributed by atoms with van der Waals surface area (Å²) in [5, 5.41) is 3.56. The van der Waals surface area contributed by atoms with Crippen LogP contribution in [0.1, 0.15) is 40.5 Å². The smallest absolute Gasteiger partial charge is 0.409 e. The van der Waals surface area contributed by atoms with E-state index >= 15 is 0 Å². The van der Waals surface area contributed by atoms with E-state index in [2.05, 4.69) is 26.1 Å². The van der Waals surface area contributed by atoms with Crippen LogP contribution < -0.4 is 5.32 Å². The first-order chi connectivity index (χ1) is 8.52. The molecule has 1 heterocycles. The largest absolute Gasteiger partial charge is 0.450 e. The molecule has 1 rings (SSSR count). The van der Waals surface area contributed by atoms with Crippen molar-refractivity contribution in [3.05, 3.63) is 0 Å². The Morgan fingerprint density at radius 1 is 1.44 bits per heavy atom. The fraction of sp³-hybridized carbons (Fsp3) is 0.929. The zero-order chi connectivity index (χ0) is 13.5. The quantitative estimate of drug-likeness (QED) is 0.821. The van der Waals surface area contributed by atoms with Gasteiger partial charge in [-0.1, -0.05) is 20.8 Å². The van der Waals surface area contributed by atoms with E-state index in [1.54, 1.807) is 0 Å². The summed E-state index contributed by atoms with van der Waals surface area (Å²) < 4.78 is 5.08. The van der Waals surface area contributed by atoms with Gasteiger partial charge in [-0.25, -0.2) is 4.79 Å². The minimum atomic E-state index is -0.167.